The molecule has 2 aromatic carbocycles. The van der Waals surface area contributed by atoms with Crippen LogP contribution in [0.5, 0.6) is 5.75 Å². The van der Waals surface area contributed by atoms with Gasteiger partial charge in [-0.15, -0.1) is 0 Å². The summed E-state index contributed by atoms with van der Waals surface area (Å²) in [4.78, 5) is 0. The predicted molar refractivity (Wildman–Crippen MR) is 100 cm³/mol. The number of benzene rings is 2. The van der Waals surface area contributed by atoms with Crippen LogP contribution >= 0.6 is 22.4 Å². The molecule has 0 spiro atoms. The minimum absolute atomic E-state index is 0.116. The molecular formula is C17H21ClN2O3S. The molecule has 3 rings (SSSR count). The van der Waals surface area contributed by atoms with E-state index in [9.17, 15) is 9.11 Å². The van der Waals surface area contributed by atoms with Gasteiger partial charge < -0.3 is 10.5 Å². The van der Waals surface area contributed by atoms with Gasteiger partial charge in [0, 0.05) is 10.9 Å². The molecule has 130 valence electrons. The Balaban J connectivity index is 2.14. The summed E-state index contributed by atoms with van der Waals surface area (Å²) in [5, 5.41) is 0.502. The highest BCUT2D eigenvalue weighted by molar-refractivity contribution is 8.26. The lowest BCUT2D eigenvalue weighted by Crippen LogP contribution is -2.43. The van der Waals surface area contributed by atoms with Crippen molar-refractivity contribution < 1.29 is 13.8 Å². The molecule has 0 bridgehead atoms. The molecule has 0 saturated carbocycles. The molecule has 5 nitrogen and oxygen atoms in total. The van der Waals surface area contributed by atoms with Gasteiger partial charge in [-0.25, -0.2) is 4.31 Å². The fourth-order valence-corrected chi connectivity index (χ4v) is 5.10. The number of ether oxygens (including phenoxy) is 1. The lowest BCUT2D eigenvalue weighted by molar-refractivity contribution is 0.189. The van der Waals surface area contributed by atoms with E-state index in [1.54, 1.807) is 18.2 Å². The average Bonchev–Trinajstić information content (AvgIpc) is 2.54. The number of para-hydroxylation sites is 1. The van der Waals surface area contributed by atoms with Crippen LogP contribution in [0.4, 0.5) is 11.4 Å². The Hall–Kier alpha value is -1.44. The first-order chi connectivity index (χ1) is 11.4. The molecular weight excluding hydrogens is 348 g/mol. The zero-order valence-corrected chi connectivity index (χ0v) is 14.9. The predicted octanol–water partition coefficient (Wildman–Crippen LogP) is 4.85. The van der Waals surface area contributed by atoms with Crippen molar-refractivity contribution in [1.29, 1.82) is 0 Å². The van der Waals surface area contributed by atoms with E-state index in [2.05, 4.69) is 0 Å². The molecule has 0 saturated heterocycles. The summed E-state index contributed by atoms with van der Waals surface area (Å²) < 4.78 is 29.6. The zero-order valence-electron chi connectivity index (χ0n) is 13.3. The first-order valence-corrected chi connectivity index (χ1v) is 9.68. The van der Waals surface area contributed by atoms with Crippen molar-refractivity contribution in [2.45, 2.75) is 18.8 Å². The van der Waals surface area contributed by atoms with E-state index < -0.39 is 16.2 Å². The quantitative estimate of drug-likeness (QED) is 0.719. The number of nitrogens with two attached hydrogens (primary N) is 1. The molecule has 1 aliphatic heterocycles. The molecule has 4 N–H and O–H groups in total. The van der Waals surface area contributed by atoms with Gasteiger partial charge in [-0.3, -0.25) is 9.11 Å². The summed E-state index contributed by atoms with van der Waals surface area (Å²) in [6, 6.07) is 14.4. The fraction of sp³-hybridized carbons (Fsp3) is 0.294. The number of anilines is 2. The van der Waals surface area contributed by atoms with E-state index in [0.717, 1.165) is 0 Å². The summed E-state index contributed by atoms with van der Waals surface area (Å²) >= 11 is 6.12. The van der Waals surface area contributed by atoms with E-state index in [1.165, 1.54) is 4.31 Å². The minimum atomic E-state index is -3.27. The van der Waals surface area contributed by atoms with Gasteiger partial charge >= 0.3 is 0 Å². The lowest BCUT2D eigenvalue weighted by Gasteiger charge is -2.53. The Morgan fingerprint density at radius 2 is 1.96 bits per heavy atom. The summed E-state index contributed by atoms with van der Waals surface area (Å²) in [5.74, 6) is 0.457. The van der Waals surface area contributed by atoms with Gasteiger partial charge in [-0.05, 0) is 43.3 Å². The topological polar surface area (TPSA) is 79.0 Å². The molecule has 7 heteroatoms. The van der Waals surface area contributed by atoms with Crippen molar-refractivity contribution in [3.05, 3.63) is 53.6 Å². The molecule has 0 aliphatic carbocycles. The maximum Gasteiger partial charge on any atom is 0.209 e. The van der Waals surface area contributed by atoms with Crippen LogP contribution in [0.25, 0.3) is 0 Å². The van der Waals surface area contributed by atoms with E-state index >= 15 is 0 Å². The van der Waals surface area contributed by atoms with Gasteiger partial charge in [0.1, 0.15) is 11.4 Å². The largest absolute Gasteiger partial charge is 0.466 e. The SMILES string of the molecule is CC(CCN)C1Oc2ccc(Cl)cc2N(c2ccccc2)S1(O)O. The van der Waals surface area contributed by atoms with Crippen LogP contribution in [-0.2, 0) is 0 Å². The van der Waals surface area contributed by atoms with Crippen LogP contribution in [0.2, 0.25) is 5.02 Å². The van der Waals surface area contributed by atoms with Crippen LogP contribution < -0.4 is 14.8 Å². The first-order valence-electron chi connectivity index (χ1n) is 7.74. The van der Waals surface area contributed by atoms with Gasteiger partial charge in [0.2, 0.25) is 5.44 Å². The molecule has 0 amide bonds. The maximum atomic E-state index is 11.0. The second kappa shape index (κ2) is 6.82. The van der Waals surface area contributed by atoms with Gasteiger partial charge in [0.15, 0.2) is 0 Å². The monoisotopic (exact) mass is 368 g/mol. The van der Waals surface area contributed by atoms with Crippen LogP contribution in [0, 0.1) is 5.92 Å². The third-order valence-corrected chi connectivity index (χ3v) is 6.40. The zero-order chi connectivity index (χ0) is 17.3. The second-order valence-corrected chi connectivity index (χ2v) is 8.23. The Morgan fingerprint density at radius 1 is 1.25 bits per heavy atom. The summed E-state index contributed by atoms with van der Waals surface area (Å²) in [5.41, 5.74) is 6.10. The van der Waals surface area contributed by atoms with Crippen molar-refractivity contribution in [3.8, 4) is 5.75 Å². The van der Waals surface area contributed by atoms with Crippen molar-refractivity contribution in [2.75, 3.05) is 10.8 Å². The summed E-state index contributed by atoms with van der Waals surface area (Å²) in [6.07, 6.45) is 0.631. The molecule has 2 unspecified atom stereocenters. The highest BCUT2D eigenvalue weighted by Crippen LogP contribution is 2.62. The van der Waals surface area contributed by atoms with Crippen LogP contribution in [0.1, 0.15) is 13.3 Å². The standard InChI is InChI=1S/C17H21ClN2O3S/c1-12(9-10-19)17-23-16-8-7-13(18)11-15(16)20(24(17,21)22)14-5-3-2-4-6-14/h2-8,11-12,17,21-22H,9-10,19H2,1H3. The van der Waals surface area contributed by atoms with Gasteiger partial charge in [-0.1, -0.05) is 47.5 Å². The molecule has 1 aliphatic rings. The number of hydrogen-bond donors (Lipinski definition) is 3. The molecule has 0 radical (unpaired) electrons. The normalized spacial score (nSPS) is 21.5. The van der Waals surface area contributed by atoms with E-state index in [-0.39, 0.29) is 5.92 Å². The van der Waals surface area contributed by atoms with Gasteiger partial charge in [0.05, 0.1) is 5.69 Å². The number of nitrogens with zero attached hydrogens (tertiary/aromatic N) is 1. The molecule has 0 fully saturated rings. The Kier molecular flexibility index (Phi) is 4.94. The van der Waals surface area contributed by atoms with E-state index in [4.69, 9.17) is 22.1 Å². The molecule has 2 atom stereocenters. The summed E-state index contributed by atoms with van der Waals surface area (Å²) in [6.45, 7) is 2.37. The second-order valence-electron chi connectivity index (χ2n) is 5.84. The smallest absolute Gasteiger partial charge is 0.209 e. The summed E-state index contributed by atoms with van der Waals surface area (Å²) in [7, 11) is -3.27. The molecule has 2 aromatic rings. The Morgan fingerprint density at radius 3 is 2.62 bits per heavy atom. The lowest BCUT2D eigenvalue weighted by atomic mass is 10.1. The number of hydrogen-bond acceptors (Lipinski definition) is 5. The van der Waals surface area contributed by atoms with Crippen molar-refractivity contribution in [3.63, 3.8) is 0 Å². The fourth-order valence-electron chi connectivity index (χ4n) is 2.87. The highest BCUT2D eigenvalue weighted by atomic mass is 35.5. The van der Waals surface area contributed by atoms with E-state index in [0.29, 0.717) is 35.1 Å². The van der Waals surface area contributed by atoms with E-state index in [1.807, 2.05) is 37.3 Å². The average molecular weight is 369 g/mol. The number of rotatable bonds is 4. The molecule has 1 heterocycles. The van der Waals surface area contributed by atoms with Crippen LogP contribution in [0.15, 0.2) is 48.5 Å². The maximum absolute atomic E-state index is 11.0. The highest BCUT2D eigenvalue weighted by Gasteiger charge is 2.44. The third-order valence-electron chi connectivity index (χ3n) is 4.04. The molecule has 24 heavy (non-hydrogen) atoms. The van der Waals surface area contributed by atoms with Crippen LogP contribution in [0.3, 0.4) is 0 Å². The number of fused-ring (bicyclic) bond motifs is 1. The van der Waals surface area contributed by atoms with Crippen molar-refractivity contribution in [1.82, 2.24) is 0 Å². The minimum Gasteiger partial charge on any atom is -0.466 e. The Labute approximate surface area is 148 Å². The number of halogens is 1. The van der Waals surface area contributed by atoms with Crippen molar-refractivity contribution in [2.24, 2.45) is 11.7 Å². The Bertz CT molecular complexity index is 714. The van der Waals surface area contributed by atoms with Gasteiger partial charge in [-0.2, -0.15) is 0 Å². The first kappa shape index (κ1) is 17.4. The third kappa shape index (κ3) is 3.08. The molecule has 0 aromatic heterocycles. The van der Waals surface area contributed by atoms with Crippen molar-refractivity contribution >= 4 is 33.8 Å². The van der Waals surface area contributed by atoms with Crippen LogP contribution in [-0.4, -0.2) is 21.1 Å². The van der Waals surface area contributed by atoms with Gasteiger partial charge in [0.25, 0.3) is 0 Å².